The van der Waals surface area contributed by atoms with Gasteiger partial charge in [-0.1, -0.05) is 0 Å². The molecular formula is C9H13N3. The molecule has 0 saturated heterocycles. The molecule has 12 heavy (non-hydrogen) atoms. The first kappa shape index (κ1) is 8.82. The molecule has 0 aliphatic heterocycles. The third-order valence-electron chi connectivity index (χ3n) is 1.76. The van der Waals surface area contributed by atoms with Crippen LogP contribution in [0.15, 0.2) is 6.07 Å². The van der Waals surface area contributed by atoms with Crippen LogP contribution in [0.4, 0.5) is 0 Å². The van der Waals surface area contributed by atoms with Gasteiger partial charge < -0.3 is 5.73 Å². The van der Waals surface area contributed by atoms with Crippen molar-refractivity contribution in [3.63, 3.8) is 0 Å². The Balaban J connectivity index is 2.88. The molecule has 1 aromatic rings. The zero-order valence-corrected chi connectivity index (χ0v) is 7.41. The van der Waals surface area contributed by atoms with Crippen LogP contribution in [0.25, 0.3) is 0 Å². The molecule has 2 N–H and O–H groups in total. The van der Waals surface area contributed by atoms with Gasteiger partial charge >= 0.3 is 0 Å². The van der Waals surface area contributed by atoms with Crippen LogP contribution in [-0.2, 0) is 7.05 Å². The Morgan fingerprint density at radius 3 is 2.92 bits per heavy atom. The van der Waals surface area contributed by atoms with Crippen molar-refractivity contribution in [3.8, 4) is 12.3 Å². The van der Waals surface area contributed by atoms with Gasteiger partial charge in [0.1, 0.15) is 0 Å². The number of hydrogen-bond acceptors (Lipinski definition) is 2. The summed E-state index contributed by atoms with van der Waals surface area (Å²) in [4.78, 5) is 0. The number of nitrogens with two attached hydrogens (primary N) is 1. The summed E-state index contributed by atoms with van der Waals surface area (Å²) >= 11 is 0. The van der Waals surface area contributed by atoms with Crippen LogP contribution < -0.4 is 5.73 Å². The largest absolute Gasteiger partial charge is 0.322 e. The highest BCUT2D eigenvalue weighted by Crippen LogP contribution is 2.13. The molecule has 0 fully saturated rings. The minimum absolute atomic E-state index is 0.0961. The number of hydrogen-bond donors (Lipinski definition) is 1. The summed E-state index contributed by atoms with van der Waals surface area (Å²) in [5, 5.41) is 4.18. The Hall–Kier alpha value is -1.27. The van der Waals surface area contributed by atoms with Crippen LogP contribution in [-0.4, -0.2) is 9.78 Å². The summed E-state index contributed by atoms with van der Waals surface area (Å²) in [7, 11) is 1.87. The Bertz CT molecular complexity index is 306. The molecule has 3 heteroatoms. The summed E-state index contributed by atoms with van der Waals surface area (Å²) in [6, 6.07) is 1.86. The maximum Gasteiger partial charge on any atom is 0.0597 e. The summed E-state index contributed by atoms with van der Waals surface area (Å²) in [6.07, 6.45) is 5.72. The third-order valence-corrected chi connectivity index (χ3v) is 1.76. The van der Waals surface area contributed by atoms with Crippen molar-refractivity contribution in [1.82, 2.24) is 9.78 Å². The van der Waals surface area contributed by atoms with Crippen molar-refractivity contribution >= 4 is 0 Å². The number of aryl methyl sites for hydroxylation is 2. The fourth-order valence-corrected chi connectivity index (χ4v) is 1.21. The molecule has 1 rings (SSSR count). The molecular weight excluding hydrogens is 150 g/mol. The lowest BCUT2D eigenvalue weighted by Gasteiger charge is -2.07. The monoisotopic (exact) mass is 163 g/mol. The first-order valence-electron chi connectivity index (χ1n) is 3.84. The molecule has 0 radical (unpaired) electrons. The predicted molar refractivity (Wildman–Crippen MR) is 48.3 cm³/mol. The van der Waals surface area contributed by atoms with E-state index >= 15 is 0 Å². The van der Waals surface area contributed by atoms with E-state index in [1.165, 1.54) is 0 Å². The number of terminal acetylenes is 1. The van der Waals surface area contributed by atoms with Crippen molar-refractivity contribution in [2.75, 3.05) is 0 Å². The van der Waals surface area contributed by atoms with Gasteiger partial charge in [0.05, 0.1) is 17.4 Å². The van der Waals surface area contributed by atoms with E-state index in [1.807, 2.05) is 20.0 Å². The average molecular weight is 163 g/mol. The standard InChI is InChI=1S/C9H13N3/c1-4-5-8(10)9-6-7(2)11-12(9)3/h1,6,8H,5,10H2,2-3H3. The van der Waals surface area contributed by atoms with Crippen LogP contribution >= 0.6 is 0 Å². The third kappa shape index (κ3) is 1.66. The fraction of sp³-hybridized carbons (Fsp3) is 0.444. The topological polar surface area (TPSA) is 43.8 Å². The molecule has 0 aliphatic carbocycles. The van der Waals surface area contributed by atoms with Crippen molar-refractivity contribution in [2.24, 2.45) is 12.8 Å². The lowest BCUT2D eigenvalue weighted by Crippen LogP contribution is -2.13. The highest BCUT2D eigenvalue weighted by Gasteiger charge is 2.09. The van der Waals surface area contributed by atoms with Crippen LogP contribution in [0.2, 0.25) is 0 Å². The highest BCUT2D eigenvalue weighted by molar-refractivity contribution is 5.14. The molecule has 64 valence electrons. The first-order valence-corrected chi connectivity index (χ1v) is 3.84. The van der Waals surface area contributed by atoms with E-state index in [2.05, 4.69) is 11.0 Å². The molecule has 0 aromatic carbocycles. The van der Waals surface area contributed by atoms with E-state index in [-0.39, 0.29) is 6.04 Å². The van der Waals surface area contributed by atoms with E-state index in [1.54, 1.807) is 4.68 Å². The molecule has 1 aromatic heterocycles. The SMILES string of the molecule is C#CCC(N)c1cc(C)nn1C. The Morgan fingerprint density at radius 1 is 1.83 bits per heavy atom. The zero-order chi connectivity index (χ0) is 9.14. The van der Waals surface area contributed by atoms with Gasteiger partial charge in [0.25, 0.3) is 0 Å². The van der Waals surface area contributed by atoms with Crippen LogP contribution in [0.3, 0.4) is 0 Å². The van der Waals surface area contributed by atoms with E-state index in [0.717, 1.165) is 11.4 Å². The van der Waals surface area contributed by atoms with Crippen molar-refractivity contribution in [1.29, 1.82) is 0 Å². The summed E-state index contributed by atoms with van der Waals surface area (Å²) in [5.74, 6) is 2.54. The lowest BCUT2D eigenvalue weighted by molar-refractivity contribution is 0.628. The minimum Gasteiger partial charge on any atom is -0.322 e. The highest BCUT2D eigenvalue weighted by atomic mass is 15.3. The lowest BCUT2D eigenvalue weighted by atomic mass is 10.1. The molecule has 0 saturated carbocycles. The van der Waals surface area contributed by atoms with Gasteiger partial charge in [-0.3, -0.25) is 4.68 Å². The van der Waals surface area contributed by atoms with Crippen molar-refractivity contribution < 1.29 is 0 Å². The molecule has 0 amide bonds. The molecule has 0 spiro atoms. The first-order chi connectivity index (χ1) is 5.65. The molecule has 0 bridgehead atoms. The second-order valence-corrected chi connectivity index (χ2v) is 2.85. The molecule has 1 atom stereocenters. The quantitative estimate of drug-likeness (QED) is 0.654. The molecule has 3 nitrogen and oxygen atoms in total. The fourth-order valence-electron chi connectivity index (χ4n) is 1.21. The van der Waals surface area contributed by atoms with Gasteiger partial charge in [-0.15, -0.1) is 12.3 Å². The van der Waals surface area contributed by atoms with Gasteiger partial charge in [0, 0.05) is 13.5 Å². The molecule has 0 aliphatic rings. The number of aromatic nitrogens is 2. The Labute approximate surface area is 72.6 Å². The predicted octanol–water partition coefficient (Wildman–Crippen LogP) is 0.752. The van der Waals surface area contributed by atoms with Crippen molar-refractivity contribution in [3.05, 3.63) is 17.5 Å². The smallest absolute Gasteiger partial charge is 0.0597 e. The Morgan fingerprint density at radius 2 is 2.50 bits per heavy atom. The second kappa shape index (κ2) is 3.42. The van der Waals surface area contributed by atoms with E-state index in [9.17, 15) is 0 Å². The van der Waals surface area contributed by atoms with Gasteiger partial charge in [0.2, 0.25) is 0 Å². The minimum atomic E-state index is -0.0961. The van der Waals surface area contributed by atoms with Crippen molar-refractivity contribution in [2.45, 2.75) is 19.4 Å². The summed E-state index contributed by atoms with van der Waals surface area (Å²) in [5.41, 5.74) is 7.78. The van der Waals surface area contributed by atoms with Crippen LogP contribution in [0.1, 0.15) is 23.9 Å². The van der Waals surface area contributed by atoms with Crippen LogP contribution in [0.5, 0.6) is 0 Å². The average Bonchev–Trinajstić information content (AvgIpc) is 2.30. The maximum atomic E-state index is 5.82. The molecule has 1 heterocycles. The van der Waals surface area contributed by atoms with E-state index in [4.69, 9.17) is 12.2 Å². The summed E-state index contributed by atoms with van der Waals surface area (Å²) in [6.45, 7) is 1.94. The summed E-state index contributed by atoms with van der Waals surface area (Å²) < 4.78 is 1.78. The van der Waals surface area contributed by atoms with Crippen LogP contribution in [0, 0.1) is 19.3 Å². The van der Waals surface area contributed by atoms with Gasteiger partial charge in [-0.25, -0.2) is 0 Å². The van der Waals surface area contributed by atoms with Gasteiger partial charge in [0.15, 0.2) is 0 Å². The molecule has 1 unspecified atom stereocenters. The maximum absolute atomic E-state index is 5.82. The van der Waals surface area contributed by atoms with Gasteiger partial charge in [-0.05, 0) is 13.0 Å². The normalized spacial score (nSPS) is 12.5. The number of nitrogens with zero attached hydrogens (tertiary/aromatic N) is 2. The van der Waals surface area contributed by atoms with E-state index in [0.29, 0.717) is 6.42 Å². The van der Waals surface area contributed by atoms with Gasteiger partial charge in [-0.2, -0.15) is 5.10 Å². The second-order valence-electron chi connectivity index (χ2n) is 2.85. The zero-order valence-electron chi connectivity index (χ0n) is 7.41. The Kier molecular flexibility index (Phi) is 2.51. The van der Waals surface area contributed by atoms with E-state index < -0.39 is 0 Å². The number of rotatable bonds is 2.